The Hall–Kier alpha value is -2.47. The molecule has 0 heterocycles. The highest BCUT2D eigenvalue weighted by Gasteiger charge is 2.07. The zero-order valence-corrected chi connectivity index (χ0v) is 16.0. The predicted molar refractivity (Wildman–Crippen MR) is 110 cm³/mol. The van der Waals surface area contributed by atoms with Gasteiger partial charge in [-0.25, -0.2) is 0 Å². The first-order valence-corrected chi connectivity index (χ1v) is 9.67. The van der Waals surface area contributed by atoms with Gasteiger partial charge in [-0.2, -0.15) is 0 Å². The summed E-state index contributed by atoms with van der Waals surface area (Å²) in [6.07, 6.45) is 0. The van der Waals surface area contributed by atoms with Crippen LogP contribution in [0.1, 0.15) is 5.56 Å². The highest BCUT2D eigenvalue weighted by atomic mass is 32.2. The molecular weight excluding hydrogens is 346 g/mol. The minimum absolute atomic E-state index is 0.0557. The molecule has 5 nitrogen and oxygen atoms in total. The first-order valence-electron chi connectivity index (χ1n) is 8.52. The van der Waals surface area contributed by atoms with Crippen molar-refractivity contribution in [3.05, 3.63) is 60.2 Å². The fourth-order valence-corrected chi connectivity index (χ4v) is 3.03. The summed E-state index contributed by atoms with van der Waals surface area (Å²) in [6, 6.07) is 17.7. The predicted octanol–water partition coefficient (Wildman–Crippen LogP) is 2.92. The highest BCUT2D eigenvalue weighted by molar-refractivity contribution is 8.00. The van der Waals surface area contributed by atoms with E-state index < -0.39 is 0 Å². The molecule has 0 saturated carbocycles. The van der Waals surface area contributed by atoms with E-state index in [1.54, 1.807) is 0 Å². The Morgan fingerprint density at radius 3 is 2.46 bits per heavy atom. The van der Waals surface area contributed by atoms with Crippen LogP contribution in [-0.2, 0) is 9.59 Å². The smallest absolute Gasteiger partial charge is 0.234 e. The average molecular weight is 372 g/mol. The monoisotopic (exact) mass is 371 g/mol. The number of hydrogen-bond donors (Lipinski definition) is 2. The van der Waals surface area contributed by atoms with Crippen LogP contribution in [0.3, 0.4) is 0 Å². The van der Waals surface area contributed by atoms with Crippen LogP contribution in [-0.4, -0.2) is 43.5 Å². The molecule has 138 valence electrons. The Bertz CT molecular complexity index is 722. The van der Waals surface area contributed by atoms with Crippen LogP contribution in [0.25, 0.3) is 0 Å². The van der Waals surface area contributed by atoms with E-state index in [2.05, 4.69) is 15.5 Å². The molecule has 2 N–H and O–H groups in total. The molecule has 0 radical (unpaired) electrons. The van der Waals surface area contributed by atoms with Crippen molar-refractivity contribution in [3.63, 3.8) is 0 Å². The van der Waals surface area contributed by atoms with Crippen molar-refractivity contribution in [1.82, 2.24) is 5.32 Å². The van der Waals surface area contributed by atoms with Gasteiger partial charge in [-0.05, 0) is 36.8 Å². The molecule has 0 aliphatic rings. The lowest BCUT2D eigenvalue weighted by atomic mass is 10.2. The van der Waals surface area contributed by atoms with Gasteiger partial charge in [0.2, 0.25) is 11.8 Å². The Labute approximate surface area is 159 Å². The van der Waals surface area contributed by atoms with Gasteiger partial charge in [0.05, 0.1) is 11.5 Å². The minimum atomic E-state index is -0.0998. The van der Waals surface area contributed by atoms with Gasteiger partial charge >= 0.3 is 0 Å². The van der Waals surface area contributed by atoms with Crippen LogP contribution >= 0.6 is 11.8 Å². The number of carbonyl (C=O) groups is 2. The van der Waals surface area contributed by atoms with Gasteiger partial charge in [-0.1, -0.05) is 30.3 Å². The molecule has 0 fully saturated rings. The third-order valence-electron chi connectivity index (χ3n) is 3.73. The number of hydrogen-bond acceptors (Lipinski definition) is 4. The van der Waals surface area contributed by atoms with E-state index in [1.807, 2.05) is 68.6 Å². The lowest BCUT2D eigenvalue weighted by Gasteiger charge is -2.19. The molecule has 0 aliphatic heterocycles. The summed E-state index contributed by atoms with van der Waals surface area (Å²) in [4.78, 5) is 25.8. The molecule has 2 rings (SSSR count). The van der Waals surface area contributed by atoms with Crippen molar-refractivity contribution in [2.24, 2.45) is 0 Å². The second-order valence-electron chi connectivity index (χ2n) is 6.02. The van der Waals surface area contributed by atoms with Gasteiger partial charge < -0.3 is 15.5 Å². The maximum absolute atomic E-state index is 11.9. The molecule has 26 heavy (non-hydrogen) atoms. The van der Waals surface area contributed by atoms with E-state index in [-0.39, 0.29) is 23.3 Å². The fourth-order valence-electron chi connectivity index (χ4n) is 2.38. The third kappa shape index (κ3) is 7.19. The summed E-state index contributed by atoms with van der Waals surface area (Å²) in [5, 5.41) is 5.72. The fraction of sp³-hybridized carbons (Fsp3) is 0.300. The Morgan fingerprint density at radius 2 is 1.73 bits per heavy atom. The van der Waals surface area contributed by atoms with Gasteiger partial charge in [-0.3, -0.25) is 9.59 Å². The Morgan fingerprint density at radius 1 is 1.00 bits per heavy atom. The summed E-state index contributed by atoms with van der Waals surface area (Å²) in [5.41, 5.74) is 2.99. The molecule has 6 heteroatoms. The zero-order chi connectivity index (χ0) is 18.8. The number of carbonyl (C=O) groups excluding carboxylic acids is 2. The maximum atomic E-state index is 11.9. The average Bonchev–Trinajstić information content (AvgIpc) is 2.62. The Kier molecular flexibility index (Phi) is 8.02. The van der Waals surface area contributed by atoms with Gasteiger partial charge in [0.1, 0.15) is 0 Å². The standard InChI is InChI=1S/C20H25N3O2S/c1-16-7-6-8-17(13-16)22-20(25)15-26-14-19(24)21-11-12-23(2)18-9-4-3-5-10-18/h3-10,13H,11-12,14-15H2,1-2H3,(H,21,24)(H,22,25). The largest absolute Gasteiger partial charge is 0.373 e. The lowest BCUT2D eigenvalue weighted by molar-refractivity contribution is -0.118. The first kappa shape index (κ1) is 19.8. The molecule has 0 atom stereocenters. The van der Waals surface area contributed by atoms with Gasteiger partial charge in [0.25, 0.3) is 0 Å². The van der Waals surface area contributed by atoms with Crippen LogP contribution in [0, 0.1) is 6.92 Å². The third-order valence-corrected chi connectivity index (χ3v) is 4.67. The number of benzene rings is 2. The summed E-state index contributed by atoms with van der Waals surface area (Å²) in [6.45, 7) is 3.28. The van der Waals surface area contributed by atoms with Crippen molar-refractivity contribution >= 4 is 35.0 Å². The van der Waals surface area contributed by atoms with E-state index in [0.717, 1.165) is 23.5 Å². The zero-order valence-electron chi connectivity index (χ0n) is 15.2. The van der Waals surface area contributed by atoms with E-state index in [0.29, 0.717) is 6.54 Å². The summed E-state index contributed by atoms with van der Waals surface area (Å²) in [5.74, 6) is 0.374. The van der Waals surface area contributed by atoms with E-state index in [4.69, 9.17) is 0 Å². The van der Waals surface area contributed by atoms with Crippen LogP contribution < -0.4 is 15.5 Å². The van der Waals surface area contributed by atoms with Crippen molar-refractivity contribution in [1.29, 1.82) is 0 Å². The molecule has 0 aromatic heterocycles. The van der Waals surface area contributed by atoms with Crippen molar-refractivity contribution in [3.8, 4) is 0 Å². The molecular formula is C20H25N3O2S. The maximum Gasteiger partial charge on any atom is 0.234 e. The van der Waals surface area contributed by atoms with Crippen LogP contribution in [0.5, 0.6) is 0 Å². The molecule has 2 amide bonds. The number of para-hydroxylation sites is 1. The Balaban J connectivity index is 1.59. The molecule has 0 unspecified atom stereocenters. The second kappa shape index (κ2) is 10.5. The summed E-state index contributed by atoms with van der Waals surface area (Å²) < 4.78 is 0. The number of aryl methyl sites for hydroxylation is 1. The molecule has 0 aliphatic carbocycles. The number of amides is 2. The molecule has 0 bridgehead atoms. The minimum Gasteiger partial charge on any atom is -0.373 e. The number of nitrogens with zero attached hydrogens (tertiary/aromatic N) is 1. The van der Waals surface area contributed by atoms with E-state index >= 15 is 0 Å². The second-order valence-corrected chi connectivity index (χ2v) is 7.00. The number of nitrogens with one attached hydrogen (secondary N) is 2. The van der Waals surface area contributed by atoms with Crippen LogP contribution in [0.2, 0.25) is 0 Å². The number of thioether (sulfide) groups is 1. The normalized spacial score (nSPS) is 10.2. The van der Waals surface area contributed by atoms with Gasteiger partial charge in [0, 0.05) is 31.5 Å². The van der Waals surface area contributed by atoms with Gasteiger partial charge in [0.15, 0.2) is 0 Å². The van der Waals surface area contributed by atoms with Crippen LogP contribution in [0.15, 0.2) is 54.6 Å². The van der Waals surface area contributed by atoms with Crippen molar-refractivity contribution in [2.45, 2.75) is 6.92 Å². The SMILES string of the molecule is Cc1cccc(NC(=O)CSCC(=O)NCCN(C)c2ccccc2)c1. The van der Waals surface area contributed by atoms with Crippen molar-refractivity contribution < 1.29 is 9.59 Å². The highest BCUT2D eigenvalue weighted by Crippen LogP contribution is 2.11. The van der Waals surface area contributed by atoms with Crippen molar-refractivity contribution in [2.75, 3.05) is 41.9 Å². The molecule has 0 spiro atoms. The quantitative estimate of drug-likeness (QED) is 0.711. The van der Waals surface area contributed by atoms with Crippen LogP contribution in [0.4, 0.5) is 11.4 Å². The van der Waals surface area contributed by atoms with E-state index in [9.17, 15) is 9.59 Å². The number of anilines is 2. The topological polar surface area (TPSA) is 61.4 Å². The number of rotatable bonds is 9. The summed E-state index contributed by atoms with van der Waals surface area (Å²) in [7, 11) is 1.99. The molecule has 0 saturated heterocycles. The molecule has 2 aromatic carbocycles. The van der Waals surface area contributed by atoms with Gasteiger partial charge in [-0.15, -0.1) is 11.8 Å². The summed E-state index contributed by atoms with van der Waals surface area (Å²) >= 11 is 1.31. The van der Waals surface area contributed by atoms with E-state index in [1.165, 1.54) is 11.8 Å². The lowest BCUT2D eigenvalue weighted by Crippen LogP contribution is -2.34. The first-order chi connectivity index (χ1) is 12.5. The molecule has 2 aromatic rings. The number of likely N-dealkylation sites (N-methyl/N-ethyl adjacent to an activating group) is 1.